The molecule has 0 unspecified atom stereocenters. The minimum Gasteiger partial charge on any atom is -0.376 e. The number of anilines is 1. The maximum absolute atomic E-state index is 13.3. The van der Waals surface area contributed by atoms with Crippen molar-refractivity contribution in [3.63, 3.8) is 0 Å². The monoisotopic (exact) mass is 358 g/mol. The van der Waals surface area contributed by atoms with Gasteiger partial charge in [0.2, 0.25) is 0 Å². The number of rotatable bonds is 3. The summed E-state index contributed by atoms with van der Waals surface area (Å²) in [6.45, 7) is 2.15. The van der Waals surface area contributed by atoms with Crippen LogP contribution in [0.2, 0.25) is 0 Å². The van der Waals surface area contributed by atoms with E-state index >= 15 is 0 Å². The number of hydrogen-bond donors (Lipinski definition) is 1. The summed E-state index contributed by atoms with van der Waals surface area (Å²) in [5, 5.41) is 4.39. The molecule has 2 aromatic carbocycles. The molecule has 0 spiro atoms. The molecule has 0 aliphatic carbocycles. The van der Waals surface area contributed by atoms with Gasteiger partial charge in [0, 0.05) is 17.3 Å². The number of halogens is 3. The van der Waals surface area contributed by atoms with Crippen molar-refractivity contribution in [3.8, 4) is 0 Å². The Hall–Kier alpha value is -2.60. The minimum atomic E-state index is -4.38. The maximum Gasteiger partial charge on any atom is 0.416 e. The Morgan fingerprint density at radius 1 is 1.08 bits per heavy atom. The van der Waals surface area contributed by atoms with Crippen LogP contribution in [-0.4, -0.2) is 18.2 Å². The van der Waals surface area contributed by atoms with Crippen molar-refractivity contribution < 1.29 is 17.9 Å². The van der Waals surface area contributed by atoms with Gasteiger partial charge in [0.05, 0.1) is 24.3 Å². The lowest BCUT2D eigenvalue weighted by Gasteiger charge is -2.44. The van der Waals surface area contributed by atoms with Crippen molar-refractivity contribution in [3.05, 3.63) is 71.4 Å². The molecule has 0 atom stereocenters. The summed E-state index contributed by atoms with van der Waals surface area (Å²) >= 11 is 0. The average Bonchev–Trinajstić information content (AvgIpc) is 2.57. The molecule has 1 aliphatic rings. The summed E-state index contributed by atoms with van der Waals surface area (Å²) in [6.07, 6.45) is -2.66. The molecule has 3 nitrogen and oxygen atoms in total. The van der Waals surface area contributed by atoms with Crippen LogP contribution >= 0.6 is 0 Å². The normalized spacial score (nSPS) is 16.3. The molecule has 0 saturated carbocycles. The highest BCUT2D eigenvalue weighted by atomic mass is 19.4. The topological polar surface area (TPSA) is 34.2 Å². The van der Waals surface area contributed by atoms with E-state index in [-0.39, 0.29) is 5.56 Å². The van der Waals surface area contributed by atoms with Crippen molar-refractivity contribution >= 4 is 16.6 Å². The fourth-order valence-electron chi connectivity index (χ4n) is 3.48. The molecule has 6 heteroatoms. The largest absolute Gasteiger partial charge is 0.416 e. The Morgan fingerprint density at radius 2 is 1.88 bits per heavy atom. The second-order valence-corrected chi connectivity index (χ2v) is 6.59. The third-order valence-electron chi connectivity index (χ3n) is 4.84. The van der Waals surface area contributed by atoms with Crippen molar-refractivity contribution in [2.75, 3.05) is 18.5 Å². The number of ether oxygens (including phenoxy) is 1. The Balaban J connectivity index is 1.74. The molecule has 0 amide bonds. The zero-order chi connectivity index (χ0) is 18.4. The van der Waals surface area contributed by atoms with Gasteiger partial charge in [-0.2, -0.15) is 13.2 Å². The first-order valence-corrected chi connectivity index (χ1v) is 8.27. The van der Waals surface area contributed by atoms with E-state index in [1.165, 1.54) is 13.0 Å². The van der Waals surface area contributed by atoms with Gasteiger partial charge in [-0.05, 0) is 42.3 Å². The molecule has 1 aliphatic heterocycles. The number of alkyl halides is 3. The minimum absolute atomic E-state index is 0.231. The number of hydrogen-bond acceptors (Lipinski definition) is 3. The highest BCUT2D eigenvalue weighted by molar-refractivity contribution is 5.82. The summed E-state index contributed by atoms with van der Waals surface area (Å²) in [6, 6.07) is 13.9. The summed E-state index contributed by atoms with van der Waals surface area (Å²) in [7, 11) is 0. The molecule has 2 heterocycles. The Morgan fingerprint density at radius 3 is 2.58 bits per heavy atom. The van der Waals surface area contributed by atoms with E-state index in [1.807, 2.05) is 30.3 Å². The van der Waals surface area contributed by atoms with E-state index in [0.29, 0.717) is 18.8 Å². The predicted octanol–water partition coefficient (Wildman–Crippen LogP) is 4.90. The Kier molecular flexibility index (Phi) is 3.88. The number of pyridine rings is 1. The van der Waals surface area contributed by atoms with Crippen LogP contribution in [0.1, 0.15) is 16.7 Å². The molecular weight excluding hydrogens is 341 g/mol. The zero-order valence-corrected chi connectivity index (χ0v) is 14.1. The standard InChI is InChI=1S/C20H17F3N2O/c1-13-16(5-2-6-17(13)20(21,22)23)19(11-26-12-19)25-15-8-7-14-4-3-9-24-18(14)10-15/h2-10,25H,11-12H2,1H3. The molecular formula is C20H17F3N2O. The Bertz CT molecular complexity index is 965. The van der Waals surface area contributed by atoms with Gasteiger partial charge < -0.3 is 10.1 Å². The van der Waals surface area contributed by atoms with Crippen molar-refractivity contribution in [1.82, 2.24) is 4.98 Å². The molecule has 1 fully saturated rings. The van der Waals surface area contributed by atoms with Crippen LogP contribution in [0.25, 0.3) is 10.9 Å². The van der Waals surface area contributed by atoms with Gasteiger partial charge in [0.15, 0.2) is 0 Å². The highest BCUT2D eigenvalue weighted by Crippen LogP contribution is 2.40. The zero-order valence-electron chi connectivity index (χ0n) is 14.1. The third-order valence-corrected chi connectivity index (χ3v) is 4.84. The fourth-order valence-corrected chi connectivity index (χ4v) is 3.48. The van der Waals surface area contributed by atoms with E-state index in [2.05, 4.69) is 10.3 Å². The van der Waals surface area contributed by atoms with E-state index in [1.54, 1.807) is 12.3 Å². The van der Waals surface area contributed by atoms with Gasteiger partial charge in [0.1, 0.15) is 5.54 Å². The van der Waals surface area contributed by atoms with E-state index in [0.717, 1.165) is 22.7 Å². The highest BCUT2D eigenvalue weighted by Gasteiger charge is 2.43. The van der Waals surface area contributed by atoms with E-state index in [4.69, 9.17) is 4.74 Å². The summed E-state index contributed by atoms with van der Waals surface area (Å²) < 4.78 is 45.2. The molecule has 26 heavy (non-hydrogen) atoms. The Labute approximate surface area is 148 Å². The lowest BCUT2D eigenvalue weighted by Crippen LogP contribution is -2.53. The summed E-state index contributed by atoms with van der Waals surface area (Å²) in [4.78, 5) is 4.33. The number of aromatic nitrogens is 1. The molecule has 134 valence electrons. The van der Waals surface area contributed by atoms with Crippen molar-refractivity contribution in [2.45, 2.75) is 18.6 Å². The van der Waals surface area contributed by atoms with Crippen LogP contribution in [0.5, 0.6) is 0 Å². The predicted molar refractivity (Wildman–Crippen MR) is 94.0 cm³/mol. The average molecular weight is 358 g/mol. The summed E-state index contributed by atoms with van der Waals surface area (Å²) in [5.41, 5.74) is 1.19. The van der Waals surface area contributed by atoms with Gasteiger partial charge in [0.25, 0.3) is 0 Å². The smallest absolute Gasteiger partial charge is 0.376 e. The van der Waals surface area contributed by atoms with Crippen molar-refractivity contribution in [1.29, 1.82) is 0 Å². The van der Waals surface area contributed by atoms with Gasteiger partial charge in [-0.15, -0.1) is 0 Å². The van der Waals surface area contributed by atoms with Crippen LogP contribution in [0, 0.1) is 6.92 Å². The lowest BCUT2D eigenvalue weighted by molar-refractivity contribution is -0.138. The molecule has 0 radical (unpaired) electrons. The van der Waals surface area contributed by atoms with Gasteiger partial charge in [-0.1, -0.05) is 24.3 Å². The quantitative estimate of drug-likeness (QED) is 0.723. The fraction of sp³-hybridized carbons (Fsp3) is 0.250. The van der Waals surface area contributed by atoms with Crippen LogP contribution in [0.15, 0.2) is 54.7 Å². The SMILES string of the molecule is Cc1c(C(F)(F)F)cccc1C1(Nc2ccc3cccnc3c2)COC1. The van der Waals surface area contributed by atoms with Crippen LogP contribution in [0.4, 0.5) is 18.9 Å². The van der Waals surface area contributed by atoms with Crippen LogP contribution in [-0.2, 0) is 16.5 Å². The number of nitrogens with zero attached hydrogens (tertiary/aromatic N) is 1. The second-order valence-electron chi connectivity index (χ2n) is 6.59. The van der Waals surface area contributed by atoms with E-state index in [9.17, 15) is 13.2 Å². The molecule has 3 aromatic rings. The first-order valence-electron chi connectivity index (χ1n) is 8.27. The molecule has 0 bridgehead atoms. The number of fused-ring (bicyclic) bond motifs is 1. The molecule has 1 aromatic heterocycles. The van der Waals surface area contributed by atoms with Gasteiger partial charge in [-0.3, -0.25) is 4.98 Å². The van der Waals surface area contributed by atoms with Gasteiger partial charge in [-0.25, -0.2) is 0 Å². The summed E-state index contributed by atoms with van der Waals surface area (Å²) in [5.74, 6) is 0. The number of nitrogens with one attached hydrogen (secondary N) is 1. The first-order chi connectivity index (χ1) is 12.4. The van der Waals surface area contributed by atoms with Crippen LogP contribution < -0.4 is 5.32 Å². The van der Waals surface area contributed by atoms with E-state index < -0.39 is 17.3 Å². The molecule has 1 saturated heterocycles. The van der Waals surface area contributed by atoms with Crippen molar-refractivity contribution in [2.24, 2.45) is 0 Å². The maximum atomic E-state index is 13.3. The third kappa shape index (κ3) is 2.80. The lowest BCUT2D eigenvalue weighted by atomic mass is 9.83. The molecule has 1 N–H and O–H groups in total. The van der Waals surface area contributed by atoms with Crippen LogP contribution in [0.3, 0.4) is 0 Å². The van der Waals surface area contributed by atoms with Gasteiger partial charge >= 0.3 is 6.18 Å². The number of benzene rings is 2. The molecule has 4 rings (SSSR count). The second kappa shape index (κ2) is 5.99. The first kappa shape index (κ1) is 16.8.